The Morgan fingerprint density at radius 3 is 2.76 bits per heavy atom. The zero-order valence-corrected chi connectivity index (χ0v) is 9.35. The number of ether oxygens (including phenoxy) is 1. The summed E-state index contributed by atoms with van der Waals surface area (Å²) >= 11 is 5.77. The van der Waals surface area contributed by atoms with E-state index in [4.69, 9.17) is 27.9 Å². The fraction of sp³-hybridized carbons (Fsp3) is 0. The number of anilines is 2. The molecule has 0 unspecified atom stereocenters. The Balaban J connectivity index is 2.26. The Kier molecular flexibility index (Phi) is 3.22. The third-order valence-corrected chi connectivity index (χ3v) is 1.98. The number of rotatable bonds is 3. The summed E-state index contributed by atoms with van der Waals surface area (Å²) in [6.07, 6.45) is 3.00. The fourth-order valence-corrected chi connectivity index (χ4v) is 1.30. The van der Waals surface area contributed by atoms with Gasteiger partial charge < -0.3 is 15.9 Å². The average Bonchev–Trinajstić information content (AvgIpc) is 2.28. The highest BCUT2D eigenvalue weighted by Gasteiger charge is 2.04. The molecule has 2 aromatic rings. The van der Waals surface area contributed by atoms with Crippen molar-refractivity contribution in [2.45, 2.75) is 0 Å². The van der Waals surface area contributed by atoms with E-state index in [2.05, 4.69) is 20.4 Å². The lowest BCUT2D eigenvalue weighted by Gasteiger charge is -2.06. The van der Waals surface area contributed by atoms with Gasteiger partial charge in [0, 0.05) is 18.3 Å². The normalized spacial score (nSPS) is 10.0. The van der Waals surface area contributed by atoms with Crippen molar-refractivity contribution in [3.05, 3.63) is 29.5 Å². The van der Waals surface area contributed by atoms with Crippen LogP contribution in [0, 0.1) is 0 Å². The number of hydrazine groups is 1. The highest BCUT2D eigenvalue weighted by Crippen LogP contribution is 2.23. The molecule has 0 saturated carbocycles. The SMILES string of the molecule is NNc1cc(Oc2cncc(Cl)c2)nc(N)n1. The zero-order valence-electron chi connectivity index (χ0n) is 8.59. The Bertz CT molecular complexity index is 535. The van der Waals surface area contributed by atoms with Crippen molar-refractivity contribution in [3.63, 3.8) is 0 Å². The van der Waals surface area contributed by atoms with Crippen molar-refractivity contribution < 1.29 is 4.74 Å². The van der Waals surface area contributed by atoms with Gasteiger partial charge in [0.1, 0.15) is 11.6 Å². The second-order valence-corrected chi connectivity index (χ2v) is 3.47. The summed E-state index contributed by atoms with van der Waals surface area (Å²) in [5, 5.41) is 0.460. The second-order valence-electron chi connectivity index (χ2n) is 3.03. The summed E-state index contributed by atoms with van der Waals surface area (Å²) in [5.41, 5.74) is 7.83. The van der Waals surface area contributed by atoms with Crippen molar-refractivity contribution >= 4 is 23.4 Å². The Morgan fingerprint density at radius 2 is 2.06 bits per heavy atom. The molecule has 2 rings (SSSR count). The van der Waals surface area contributed by atoms with E-state index >= 15 is 0 Å². The zero-order chi connectivity index (χ0) is 12.3. The number of hydrogen-bond acceptors (Lipinski definition) is 7. The van der Waals surface area contributed by atoms with Crippen molar-refractivity contribution in [1.82, 2.24) is 15.0 Å². The van der Waals surface area contributed by atoms with Crippen molar-refractivity contribution in [2.75, 3.05) is 11.2 Å². The molecule has 0 saturated heterocycles. The van der Waals surface area contributed by atoms with E-state index in [1.54, 1.807) is 6.07 Å². The fourth-order valence-electron chi connectivity index (χ4n) is 1.14. The molecule has 0 amide bonds. The van der Waals surface area contributed by atoms with E-state index in [0.717, 1.165) is 0 Å². The first-order chi connectivity index (χ1) is 8.17. The van der Waals surface area contributed by atoms with Crippen LogP contribution in [0.5, 0.6) is 11.6 Å². The number of aromatic nitrogens is 3. The topological polar surface area (TPSA) is 112 Å². The lowest BCUT2D eigenvalue weighted by molar-refractivity contribution is 0.461. The number of hydrogen-bond donors (Lipinski definition) is 3. The molecule has 0 radical (unpaired) electrons. The van der Waals surface area contributed by atoms with E-state index in [1.807, 2.05) is 0 Å². The molecule has 88 valence electrons. The molecule has 0 aromatic carbocycles. The van der Waals surface area contributed by atoms with Crippen molar-refractivity contribution in [3.8, 4) is 11.6 Å². The first-order valence-electron chi connectivity index (χ1n) is 4.57. The average molecular weight is 253 g/mol. The summed E-state index contributed by atoms with van der Waals surface area (Å²) in [5.74, 6) is 6.30. The Morgan fingerprint density at radius 1 is 1.24 bits per heavy atom. The van der Waals surface area contributed by atoms with Crippen LogP contribution in [-0.2, 0) is 0 Å². The summed E-state index contributed by atoms with van der Waals surface area (Å²) in [4.78, 5) is 11.6. The predicted octanol–water partition coefficient (Wildman–Crippen LogP) is 1.19. The quantitative estimate of drug-likeness (QED) is 0.555. The van der Waals surface area contributed by atoms with Gasteiger partial charge in [-0.3, -0.25) is 4.98 Å². The molecular weight excluding hydrogens is 244 g/mol. The molecule has 2 aromatic heterocycles. The van der Waals surface area contributed by atoms with Crippen molar-refractivity contribution in [2.24, 2.45) is 5.84 Å². The number of nitrogens with two attached hydrogens (primary N) is 2. The lowest BCUT2D eigenvalue weighted by atomic mass is 10.4. The van der Waals surface area contributed by atoms with Gasteiger partial charge in [-0.1, -0.05) is 11.6 Å². The van der Waals surface area contributed by atoms with E-state index in [9.17, 15) is 0 Å². The Labute approximate surface area is 102 Å². The molecule has 8 heteroatoms. The number of halogens is 1. The molecule has 2 heterocycles. The first-order valence-corrected chi connectivity index (χ1v) is 4.95. The minimum absolute atomic E-state index is 0.0467. The van der Waals surface area contributed by atoms with E-state index in [-0.39, 0.29) is 11.8 Å². The predicted molar refractivity (Wildman–Crippen MR) is 63.6 cm³/mol. The summed E-state index contributed by atoms with van der Waals surface area (Å²) < 4.78 is 5.41. The second kappa shape index (κ2) is 4.81. The molecule has 0 spiro atoms. The van der Waals surface area contributed by atoms with Crippen LogP contribution in [-0.4, -0.2) is 15.0 Å². The molecule has 0 bridgehead atoms. The molecule has 5 N–H and O–H groups in total. The van der Waals surface area contributed by atoms with Gasteiger partial charge in [0.15, 0.2) is 0 Å². The summed E-state index contributed by atoms with van der Waals surface area (Å²) in [7, 11) is 0. The van der Waals surface area contributed by atoms with Crippen LogP contribution in [0.1, 0.15) is 0 Å². The van der Waals surface area contributed by atoms with E-state index in [0.29, 0.717) is 16.6 Å². The van der Waals surface area contributed by atoms with Gasteiger partial charge in [0.2, 0.25) is 11.8 Å². The van der Waals surface area contributed by atoms with E-state index < -0.39 is 0 Å². The van der Waals surface area contributed by atoms with Crippen LogP contribution < -0.4 is 21.7 Å². The molecule has 0 aliphatic heterocycles. The number of nitrogen functional groups attached to an aromatic ring is 2. The third-order valence-electron chi connectivity index (χ3n) is 1.77. The van der Waals surface area contributed by atoms with Gasteiger partial charge in [-0.2, -0.15) is 9.97 Å². The minimum atomic E-state index is 0.0467. The van der Waals surface area contributed by atoms with Gasteiger partial charge in [0.25, 0.3) is 0 Å². The van der Waals surface area contributed by atoms with Gasteiger partial charge in [-0.15, -0.1) is 0 Å². The molecule has 7 nitrogen and oxygen atoms in total. The van der Waals surface area contributed by atoms with Gasteiger partial charge in [-0.25, -0.2) is 5.84 Å². The van der Waals surface area contributed by atoms with Crippen LogP contribution in [0.4, 0.5) is 11.8 Å². The van der Waals surface area contributed by atoms with Gasteiger partial charge in [-0.05, 0) is 0 Å². The van der Waals surface area contributed by atoms with Gasteiger partial charge >= 0.3 is 0 Å². The van der Waals surface area contributed by atoms with Crippen LogP contribution >= 0.6 is 11.6 Å². The van der Waals surface area contributed by atoms with Crippen LogP contribution in [0.25, 0.3) is 0 Å². The summed E-state index contributed by atoms with van der Waals surface area (Å²) in [6, 6.07) is 3.10. The number of nitrogens with one attached hydrogen (secondary N) is 1. The van der Waals surface area contributed by atoms with Gasteiger partial charge in [0.05, 0.1) is 11.2 Å². The van der Waals surface area contributed by atoms with Crippen LogP contribution in [0.2, 0.25) is 5.02 Å². The molecular formula is C9H9ClN6O. The monoisotopic (exact) mass is 252 g/mol. The largest absolute Gasteiger partial charge is 0.437 e. The smallest absolute Gasteiger partial charge is 0.226 e. The molecule has 0 aliphatic rings. The standard InChI is InChI=1S/C9H9ClN6O/c10-5-1-6(4-13-3-5)17-8-2-7(16-12)14-9(11)15-8/h1-4H,12H2,(H3,11,14,15,16). The molecule has 0 aliphatic carbocycles. The number of nitrogens with zero attached hydrogens (tertiary/aromatic N) is 3. The maximum Gasteiger partial charge on any atom is 0.226 e. The maximum absolute atomic E-state index is 5.77. The lowest BCUT2D eigenvalue weighted by Crippen LogP contribution is -2.10. The summed E-state index contributed by atoms with van der Waals surface area (Å²) in [6.45, 7) is 0. The first kappa shape index (κ1) is 11.4. The van der Waals surface area contributed by atoms with Crippen LogP contribution in [0.15, 0.2) is 24.5 Å². The molecule has 0 atom stereocenters. The van der Waals surface area contributed by atoms with E-state index in [1.165, 1.54) is 18.5 Å². The van der Waals surface area contributed by atoms with Crippen LogP contribution in [0.3, 0.4) is 0 Å². The highest BCUT2D eigenvalue weighted by molar-refractivity contribution is 6.30. The Hall–Kier alpha value is -2.12. The molecule has 0 fully saturated rings. The van der Waals surface area contributed by atoms with Crippen molar-refractivity contribution in [1.29, 1.82) is 0 Å². The third kappa shape index (κ3) is 2.92. The molecule has 17 heavy (non-hydrogen) atoms. The minimum Gasteiger partial charge on any atom is -0.437 e. The highest BCUT2D eigenvalue weighted by atomic mass is 35.5. The maximum atomic E-state index is 5.77. The number of pyridine rings is 1.